The first-order valence-electron chi connectivity index (χ1n) is 7.44. The van der Waals surface area contributed by atoms with Gasteiger partial charge in [0.15, 0.2) is 0 Å². The molecule has 0 aliphatic carbocycles. The van der Waals surface area contributed by atoms with Crippen LogP contribution < -0.4 is 5.73 Å². The van der Waals surface area contributed by atoms with Crippen molar-refractivity contribution in [1.82, 2.24) is 4.98 Å². The maximum atomic E-state index is 13.1. The van der Waals surface area contributed by atoms with Gasteiger partial charge in [0.2, 0.25) is 0 Å². The van der Waals surface area contributed by atoms with Crippen molar-refractivity contribution in [3.05, 3.63) is 59.5 Å². The number of nitrogens with two attached hydrogens (primary N) is 1. The van der Waals surface area contributed by atoms with Gasteiger partial charge in [-0.1, -0.05) is 25.6 Å². The quantitative estimate of drug-likeness (QED) is 0.657. The van der Waals surface area contributed by atoms with E-state index in [4.69, 9.17) is 5.73 Å². The van der Waals surface area contributed by atoms with E-state index in [1.54, 1.807) is 12.1 Å². The first kappa shape index (κ1) is 17.7. The molecule has 3 rings (SSSR count). The van der Waals surface area contributed by atoms with Gasteiger partial charge in [-0.05, 0) is 60.3 Å². The Kier molecular flexibility index (Phi) is 5.36. The first-order chi connectivity index (χ1) is 11.1. The normalized spacial score (nSPS) is 10.6. The van der Waals surface area contributed by atoms with Crippen LogP contribution in [0.1, 0.15) is 29.9 Å². The lowest BCUT2D eigenvalue weighted by molar-refractivity contribution is 0.0690. The van der Waals surface area contributed by atoms with Gasteiger partial charge in [0.1, 0.15) is 11.5 Å². The Bertz CT molecular complexity index is 854. The molecule has 126 valence electrons. The zero-order valence-corrected chi connectivity index (χ0v) is 12.5. The zero-order chi connectivity index (χ0) is 16.4. The van der Waals surface area contributed by atoms with E-state index in [1.807, 2.05) is 18.2 Å². The molecule has 24 heavy (non-hydrogen) atoms. The van der Waals surface area contributed by atoms with Crippen LogP contribution in [-0.2, 0) is 6.42 Å². The summed E-state index contributed by atoms with van der Waals surface area (Å²) in [7, 11) is 0. The highest BCUT2D eigenvalue weighted by Crippen LogP contribution is 2.29. The third-order valence-corrected chi connectivity index (χ3v) is 3.93. The van der Waals surface area contributed by atoms with Gasteiger partial charge in [-0.2, -0.15) is 0 Å². The van der Waals surface area contributed by atoms with Gasteiger partial charge in [0, 0.05) is 10.9 Å². The Balaban J connectivity index is 0.00000208. The molecule has 5 heteroatoms. The van der Waals surface area contributed by atoms with Crippen LogP contribution in [0.2, 0.25) is 0 Å². The van der Waals surface area contributed by atoms with Gasteiger partial charge < -0.3 is 15.8 Å². The van der Waals surface area contributed by atoms with Gasteiger partial charge in [-0.3, -0.25) is 0 Å². The highest BCUT2D eigenvalue weighted by atomic mass is 19.1. The van der Waals surface area contributed by atoms with E-state index in [1.165, 1.54) is 12.1 Å². The van der Waals surface area contributed by atoms with Gasteiger partial charge >= 0.3 is 5.97 Å². The highest BCUT2D eigenvalue weighted by Gasteiger charge is 2.17. The molecule has 0 fully saturated rings. The number of rotatable bonds is 5. The number of hydrogen-bond donors (Lipinski definition) is 3. The highest BCUT2D eigenvalue weighted by molar-refractivity contribution is 5.98. The fraction of sp³-hybridized carbons (Fsp3) is 0.211. The lowest BCUT2D eigenvalue weighted by Crippen LogP contribution is -2.05. The van der Waals surface area contributed by atoms with E-state index in [0.717, 1.165) is 27.6 Å². The summed E-state index contributed by atoms with van der Waals surface area (Å²) in [6.07, 6.45) is 1.32. The fourth-order valence-electron chi connectivity index (χ4n) is 2.79. The van der Waals surface area contributed by atoms with Crippen LogP contribution in [0.25, 0.3) is 22.0 Å². The molecule has 3 aromatic rings. The monoisotopic (exact) mass is 328 g/mol. The van der Waals surface area contributed by atoms with Gasteiger partial charge in [0.05, 0.1) is 0 Å². The van der Waals surface area contributed by atoms with Crippen molar-refractivity contribution in [1.29, 1.82) is 0 Å². The van der Waals surface area contributed by atoms with Crippen molar-refractivity contribution in [2.24, 2.45) is 5.73 Å². The maximum Gasteiger partial charge on any atom is 0.352 e. The predicted octanol–water partition coefficient (Wildman–Crippen LogP) is 4.20. The van der Waals surface area contributed by atoms with Crippen LogP contribution in [0.15, 0.2) is 42.5 Å². The van der Waals surface area contributed by atoms with Crippen LogP contribution in [0.3, 0.4) is 0 Å². The van der Waals surface area contributed by atoms with E-state index in [9.17, 15) is 14.3 Å². The Hall–Kier alpha value is -2.66. The number of aryl methyl sites for hydroxylation is 1. The number of benzene rings is 2. The van der Waals surface area contributed by atoms with Crippen LogP contribution in [0.5, 0.6) is 0 Å². The molecule has 0 saturated carbocycles. The summed E-state index contributed by atoms with van der Waals surface area (Å²) in [5, 5.41) is 10.3. The summed E-state index contributed by atoms with van der Waals surface area (Å²) < 4.78 is 13.1. The number of nitrogens with one attached hydrogen (secondary N) is 1. The van der Waals surface area contributed by atoms with Crippen molar-refractivity contribution < 1.29 is 14.3 Å². The van der Waals surface area contributed by atoms with Gasteiger partial charge in [-0.25, -0.2) is 9.18 Å². The van der Waals surface area contributed by atoms with E-state index < -0.39 is 5.97 Å². The third-order valence-electron chi connectivity index (χ3n) is 3.93. The summed E-state index contributed by atoms with van der Waals surface area (Å²) in [5.74, 6) is -1.26. The van der Waals surface area contributed by atoms with E-state index >= 15 is 0 Å². The molecule has 0 unspecified atom stereocenters. The second-order valence-corrected chi connectivity index (χ2v) is 5.44. The minimum atomic E-state index is -0.975. The number of fused-ring (bicyclic) bond motifs is 1. The third kappa shape index (κ3) is 3.31. The van der Waals surface area contributed by atoms with E-state index in [-0.39, 0.29) is 18.9 Å². The zero-order valence-electron chi connectivity index (χ0n) is 12.5. The fourth-order valence-corrected chi connectivity index (χ4v) is 2.79. The molecule has 0 bridgehead atoms. The molecular formula is C19H21FN2O2. The summed E-state index contributed by atoms with van der Waals surface area (Å²) in [6, 6.07) is 11.9. The molecular weight excluding hydrogens is 307 g/mol. The molecule has 1 heterocycles. The van der Waals surface area contributed by atoms with Crippen molar-refractivity contribution in [2.45, 2.75) is 20.3 Å². The molecule has 2 aromatic carbocycles. The molecule has 0 aliphatic heterocycles. The molecule has 4 nitrogen and oxygen atoms in total. The average Bonchev–Trinajstić information content (AvgIpc) is 2.91. The number of carboxylic acids is 1. The second kappa shape index (κ2) is 7.27. The number of halogens is 1. The summed E-state index contributed by atoms with van der Waals surface area (Å²) in [6.45, 7) is 0.503. The Morgan fingerprint density at radius 1 is 1.12 bits per heavy atom. The van der Waals surface area contributed by atoms with Crippen molar-refractivity contribution in [3.63, 3.8) is 0 Å². The number of aromatic carboxylic acids is 1. The van der Waals surface area contributed by atoms with Crippen LogP contribution in [0, 0.1) is 5.82 Å². The summed E-state index contributed by atoms with van der Waals surface area (Å²) in [4.78, 5) is 14.4. The largest absolute Gasteiger partial charge is 0.477 e. The summed E-state index contributed by atoms with van der Waals surface area (Å²) >= 11 is 0. The Labute approximate surface area is 140 Å². The number of aromatic amines is 1. The predicted molar refractivity (Wildman–Crippen MR) is 94.8 cm³/mol. The molecule has 1 aromatic heterocycles. The Morgan fingerprint density at radius 2 is 1.79 bits per heavy atom. The van der Waals surface area contributed by atoms with Gasteiger partial charge in [-0.15, -0.1) is 0 Å². The maximum absolute atomic E-state index is 13.1. The minimum Gasteiger partial charge on any atom is -0.477 e. The van der Waals surface area contributed by atoms with E-state index in [0.29, 0.717) is 19.4 Å². The molecule has 0 saturated heterocycles. The topological polar surface area (TPSA) is 79.1 Å². The summed E-state index contributed by atoms with van der Waals surface area (Å²) in [5.41, 5.74) is 9.12. The van der Waals surface area contributed by atoms with Crippen molar-refractivity contribution in [2.75, 3.05) is 6.54 Å². The van der Waals surface area contributed by atoms with Crippen LogP contribution in [-0.4, -0.2) is 22.6 Å². The SMILES string of the molecule is C.NCCCc1c(C(=O)O)[nH]c2ccc(-c3ccc(F)cc3)cc12. The molecule has 0 aliphatic rings. The molecule has 4 N–H and O–H groups in total. The standard InChI is InChI=1S/C18H17FN2O2.CH4/c19-13-6-3-11(4-7-13)12-5-8-16-15(10-12)14(2-1-9-20)17(21-16)18(22)23;/h3-8,10,21H,1-2,9,20H2,(H,22,23);1H4. The Morgan fingerprint density at radius 3 is 2.42 bits per heavy atom. The number of carbonyl (C=O) groups is 1. The van der Waals surface area contributed by atoms with Crippen LogP contribution in [0.4, 0.5) is 4.39 Å². The lowest BCUT2D eigenvalue weighted by Gasteiger charge is -2.04. The average molecular weight is 328 g/mol. The molecule has 0 spiro atoms. The number of hydrogen-bond acceptors (Lipinski definition) is 2. The van der Waals surface area contributed by atoms with Gasteiger partial charge in [0.25, 0.3) is 0 Å². The van der Waals surface area contributed by atoms with Crippen LogP contribution >= 0.6 is 0 Å². The van der Waals surface area contributed by atoms with E-state index in [2.05, 4.69) is 4.98 Å². The molecule has 0 amide bonds. The minimum absolute atomic E-state index is 0. The lowest BCUT2D eigenvalue weighted by atomic mass is 10.00. The number of aromatic nitrogens is 1. The number of H-pyrrole nitrogens is 1. The molecule has 0 atom stereocenters. The smallest absolute Gasteiger partial charge is 0.352 e. The number of carboxylic acid groups (broad SMARTS) is 1. The van der Waals surface area contributed by atoms with Crippen molar-refractivity contribution in [3.8, 4) is 11.1 Å². The second-order valence-electron chi connectivity index (χ2n) is 5.44. The molecule has 0 radical (unpaired) electrons. The first-order valence-corrected chi connectivity index (χ1v) is 7.44. The van der Waals surface area contributed by atoms with Crippen molar-refractivity contribution >= 4 is 16.9 Å².